The fourth-order valence-corrected chi connectivity index (χ4v) is 2.67. The third-order valence-electron chi connectivity index (χ3n) is 3.24. The third-order valence-corrected chi connectivity index (χ3v) is 4.93. The first-order chi connectivity index (χ1) is 9.80. The molecule has 0 atom stereocenters. The van der Waals surface area contributed by atoms with E-state index < -0.39 is 9.84 Å². The van der Waals surface area contributed by atoms with E-state index in [-0.39, 0.29) is 22.9 Å². The van der Waals surface area contributed by atoms with Crippen LogP contribution in [0.1, 0.15) is 25.8 Å². The van der Waals surface area contributed by atoms with Crippen molar-refractivity contribution in [1.29, 1.82) is 5.26 Å². The predicted molar refractivity (Wildman–Crippen MR) is 79.7 cm³/mol. The van der Waals surface area contributed by atoms with Gasteiger partial charge in [0.1, 0.15) is 0 Å². The van der Waals surface area contributed by atoms with E-state index in [1.807, 2.05) is 19.9 Å². The topological polar surface area (TPSA) is 76.4 Å². The lowest BCUT2D eigenvalue weighted by molar-refractivity contribution is -0.00798. The summed E-state index contributed by atoms with van der Waals surface area (Å²) < 4.78 is 34.7. The summed E-state index contributed by atoms with van der Waals surface area (Å²) >= 11 is 0. The van der Waals surface area contributed by atoms with Crippen molar-refractivity contribution in [2.45, 2.75) is 30.8 Å². The van der Waals surface area contributed by atoms with Crippen LogP contribution in [-0.2, 0) is 19.3 Å². The van der Waals surface area contributed by atoms with Crippen LogP contribution in [0.4, 0.5) is 0 Å². The lowest BCUT2D eigenvalue weighted by Crippen LogP contribution is -2.25. The van der Waals surface area contributed by atoms with Gasteiger partial charge in [-0.3, -0.25) is 0 Å². The zero-order valence-electron chi connectivity index (χ0n) is 12.6. The predicted octanol–water partition coefficient (Wildman–Crippen LogP) is 2.16. The summed E-state index contributed by atoms with van der Waals surface area (Å²) in [7, 11) is -1.74. The molecule has 1 rings (SSSR count). The maximum absolute atomic E-state index is 12.1. The van der Waals surface area contributed by atoms with Crippen molar-refractivity contribution in [3.63, 3.8) is 0 Å². The number of nitriles is 1. The number of hydrogen-bond acceptors (Lipinski definition) is 5. The van der Waals surface area contributed by atoms with Crippen LogP contribution in [0.5, 0.6) is 0 Å². The second-order valence-corrected chi connectivity index (χ2v) is 7.39. The molecular weight excluding hydrogens is 290 g/mol. The van der Waals surface area contributed by atoms with Crippen molar-refractivity contribution < 1.29 is 17.9 Å². The van der Waals surface area contributed by atoms with E-state index in [1.165, 1.54) is 24.3 Å². The normalized spacial score (nSPS) is 12.1. The van der Waals surface area contributed by atoms with Crippen molar-refractivity contribution >= 4 is 9.84 Å². The van der Waals surface area contributed by atoms with Gasteiger partial charge in [0.15, 0.2) is 9.84 Å². The second kappa shape index (κ2) is 7.55. The molecular formula is C15H21NO4S. The highest BCUT2D eigenvalue weighted by Crippen LogP contribution is 2.14. The molecule has 5 nitrogen and oxygen atoms in total. The number of ether oxygens (including phenoxy) is 2. The van der Waals surface area contributed by atoms with E-state index in [0.717, 1.165) is 0 Å². The molecule has 116 valence electrons. The van der Waals surface area contributed by atoms with Crippen molar-refractivity contribution in [3.8, 4) is 6.07 Å². The molecule has 0 N–H and O–H groups in total. The van der Waals surface area contributed by atoms with Gasteiger partial charge >= 0.3 is 0 Å². The Labute approximate surface area is 126 Å². The second-order valence-electron chi connectivity index (χ2n) is 5.28. The Kier molecular flexibility index (Phi) is 6.34. The molecule has 21 heavy (non-hydrogen) atoms. The molecule has 1 aromatic rings. The largest absolute Gasteiger partial charge is 0.380 e. The Balaban J connectivity index is 2.45. The van der Waals surface area contributed by atoms with Crippen molar-refractivity contribution in [3.05, 3.63) is 29.8 Å². The fraction of sp³-hybridized carbons (Fsp3) is 0.533. The molecule has 0 aliphatic heterocycles. The Hall–Kier alpha value is -1.42. The first kappa shape index (κ1) is 17.6. The fourth-order valence-electron chi connectivity index (χ4n) is 1.55. The van der Waals surface area contributed by atoms with Crippen LogP contribution in [0.25, 0.3) is 0 Å². The summed E-state index contributed by atoms with van der Waals surface area (Å²) in [4.78, 5) is 0.210. The van der Waals surface area contributed by atoms with Gasteiger partial charge in [0.25, 0.3) is 0 Å². The van der Waals surface area contributed by atoms with E-state index in [4.69, 9.17) is 14.7 Å². The first-order valence-electron chi connectivity index (χ1n) is 6.66. The molecule has 0 radical (unpaired) electrons. The summed E-state index contributed by atoms with van der Waals surface area (Å²) in [5.41, 5.74) is 0.165. The van der Waals surface area contributed by atoms with Crippen molar-refractivity contribution in [2.24, 2.45) is 0 Å². The van der Waals surface area contributed by atoms with Gasteiger partial charge in [-0.1, -0.05) is 0 Å². The minimum atomic E-state index is -3.37. The number of hydrogen-bond donors (Lipinski definition) is 0. The molecule has 0 aromatic heterocycles. The van der Waals surface area contributed by atoms with Gasteiger partial charge in [0, 0.05) is 13.7 Å². The molecule has 0 aliphatic rings. The van der Waals surface area contributed by atoms with E-state index in [2.05, 4.69) is 0 Å². The Morgan fingerprint density at radius 3 is 2.33 bits per heavy atom. The van der Waals surface area contributed by atoms with E-state index >= 15 is 0 Å². The van der Waals surface area contributed by atoms with Gasteiger partial charge < -0.3 is 9.47 Å². The maximum atomic E-state index is 12.1. The van der Waals surface area contributed by atoms with Gasteiger partial charge in [-0.05, 0) is 44.5 Å². The zero-order valence-corrected chi connectivity index (χ0v) is 13.4. The summed E-state index contributed by atoms with van der Waals surface area (Å²) in [5, 5.41) is 8.69. The Morgan fingerprint density at radius 1 is 1.19 bits per heavy atom. The average Bonchev–Trinajstić information content (AvgIpc) is 2.46. The molecule has 0 spiro atoms. The molecule has 0 heterocycles. The van der Waals surface area contributed by atoms with E-state index in [0.29, 0.717) is 18.6 Å². The monoisotopic (exact) mass is 311 g/mol. The highest BCUT2D eigenvalue weighted by Gasteiger charge is 2.17. The Bertz CT molecular complexity index is 585. The highest BCUT2D eigenvalue weighted by molar-refractivity contribution is 7.91. The molecule has 0 saturated heterocycles. The first-order valence-corrected chi connectivity index (χ1v) is 8.32. The quantitative estimate of drug-likeness (QED) is 0.688. The molecule has 0 amide bonds. The standard InChI is InChI=1S/C15H21NO4S/c1-15(2,19-3)8-9-20-10-11-21(17,18)14-6-4-13(12-16)5-7-14/h4-7H,8-11H2,1-3H3. The highest BCUT2D eigenvalue weighted by atomic mass is 32.2. The summed E-state index contributed by atoms with van der Waals surface area (Å²) in [5.74, 6) is -0.0771. The van der Waals surface area contributed by atoms with Gasteiger partial charge in [-0.15, -0.1) is 0 Å². The molecule has 0 aliphatic carbocycles. The number of nitrogens with zero attached hydrogens (tertiary/aromatic N) is 1. The smallest absolute Gasteiger partial charge is 0.180 e. The van der Waals surface area contributed by atoms with Crippen molar-refractivity contribution in [1.82, 2.24) is 0 Å². The van der Waals surface area contributed by atoms with Crippen LogP contribution in [0.3, 0.4) is 0 Å². The average molecular weight is 311 g/mol. The maximum Gasteiger partial charge on any atom is 0.180 e. The lowest BCUT2D eigenvalue weighted by Gasteiger charge is -2.22. The van der Waals surface area contributed by atoms with E-state index in [1.54, 1.807) is 7.11 Å². The van der Waals surface area contributed by atoms with Gasteiger partial charge in [-0.2, -0.15) is 5.26 Å². The SMILES string of the molecule is COC(C)(C)CCOCCS(=O)(=O)c1ccc(C#N)cc1. The molecule has 0 bridgehead atoms. The summed E-state index contributed by atoms with van der Waals surface area (Å²) in [6.07, 6.45) is 0.695. The van der Waals surface area contributed by atoms with Crippen LogP contribution in [0.15, 0.2) is 29.2 Å². The number of rotatable bonds is 8. The Morgan fingerprint density at radius 2 is 1.81 bits per heavy atom. The van der Waals surface area contributed by atoms with Crippen LogP contribution < -0.4 is 0 Å². The summed E-state index contributed by atoms with van der Waals surface area (Å²) in [6, 6.07) is 7.84. The van der Waals surface area contributed by atoms with Crippen LogP contribution in [0, 0.1) is 11.3 Å². The van der Waals surface area contributed by atoms with Crippen LogP contribution >= 0.6 is 0 Å². The zero-order chi connectivity index (χ0) is 15.9. The van der Waals surface area contributed by atoms with Gasteiger partial charge in [-0.25, -0.2) is 8.42 Å². The van der Waals surface area contributed by atoms with Crippen molar-refractivity contribution in [2.75, 3.05) is 26.1 Å². The minimum Gasteiger partial charge on any atom is -0.380 e. The van der Waals surface area contributed by atoms with Gasteiger partial charge in [0.2, 0.25) is 0 Å². The molecule has 0 unspecified atom stereocenters. The number of benzene rings is 1. The lowest BCUT2D eigenvalue weighted by atomic mass is 10.1. The van der Waals surface area contributed by atoms with Crippen LogP contribution in [0.2, 0.25) is 0 Å². The minimum absolute atomic E-state index is 0.0771. The third kappa shape index (κ3) is 5.84. The van der Waals surface area contributed by atoms with Crippen LogP contribution in [-0.4, -0.2) is 40.1 Å². The molecule has 0 fully saturated rings. The molecule has 0 saturated carbocycles. The van der Waals surface area contributed by atoms with Gasteiger partial charge in [0.05, 0.1) is 34.5 Å². The molecule has 1 aromatic carbocycles. The number of sulfone groups is 1. The van der Waals surface area contributed by atoms with E-state index in [9.17, 15) is 8.42 Å². The number of methoxy groups -OCH3 is 1. The summed E-state index contributed by atoms with van der Waals surface area (Å²) in [6.45, 7) is 4.49. The molecule has 6 heteroatoms.